The molecule has 0 unspecified atom stereocenters. The molecule has 15 heavy (non-hydrogen) atoms. The van der Waals surface area contributed by atoms with Gasteiger partial charge in [0.05, 0.1) is 11.4 Å². The molecule has 1 aliphatic heterocycles. The van der Waals surface area contributed by atoms with E-state index in [0.29, 0.717) is 6.54 Å². The second-order valence-electron chi connectivity index (χ2n) is 3.58. The van der Waals surface area contributed by atoms with E-state index >= 15 is 0 Å². The van der Waals surface area contributed by atoms with Gasteiger partial charge in [0.15, 0.2) is 0 Å². The molecule has 1 aromatic rings. The second-order valence-corrected chi connectivity index (χ2v) is 6.83. The van der Waals surface area contributed by atoms with Gasteiger partial charge in [-0.3, -0.25) is 4.31 Å². The predicted molar refractivity (Wildman–Crippen MR) is 69.5 cm³/mol. The van der Waals surface area contributed by atoms with Crippen molar-refractivity contribution in [2.24, 2.45) is 0 Å². The van der Waals surface area contributed by atoms with Gasteiger partial charge in [0.25, 0.3) is 0 Å². The molecule has 5 heteroatoms. The van der Waals surface area contributed by atoms with Crippen LogP contribution in [0, 0.1) is 3.57 Å². The average Bonchev–Trinajstić information content (AvgIpc) is 2.17. The Balaban J connectivity index is 2.37. The summed E-state index contributed by atoms with van der Waals surface area (Å²) in [6.45, 7) is 0.614. The van der Waals surface area contributed by atoms with Gasteiger partial charge in [-0.2, -0.15) is 0 Å². The maximum absolute atomic E-state index is 11.8. The largest absolute Gasteiger partial charge is 0.270 e. The van der Waals surface area contributed by atoms with E-state index in [2.05, 4.69) is 22.6 Å². The molecule has 0 aromatic heterocycles. The lowest BCUT2D eigenvalue weighted by Gasteiger charge is -2.28. The topological polar surface area (TPSA) is 37.4 Å². The summed E-state index contributed by atoms with van der Waals surface area (Å²) < 4.78 is 26.2. The fourth-order valence-electron chi connectivity index (χ4n) is 1.71. The van der Waals surface area contributed by atoms with Gasteiger partial charge >= 0.3 is 0 Å². The van der Waals surface area contributed by atoms with E-state index in [4.69, 9.17) is 0 Å². The Morgan fingerprint density at radius 1 is 1.27 bits per heavy atom. The van der Waals surface area contributed by atoms with Crippen LogP contribution in [0.2, 0.25) is 0 Å². The molecule has 1 aliphatic rings. The summed E-state index contributed by atoms with van der Waals surface area (Å²) in [4.78, 5) is 0. The highest BCUT2D eigenvalue weighted by molar-refractivity contribution is 14.1. The number of anilines is 1. The molecule has 0 N–H and O–H groups in total. The first kappa shape index (κ1) is 11.2. The highest BCUT2D eigenvalue weighted by atomic mass is 127. The van der Waals surface area contributed by atoms with Gasteiger partial charge in [-0.25, -0.2) is 8.42 Å². The summed E-state index contributed by atoms with van der Waals surface area (Å²) in [7, 11) is -3.06. The van der Waals surface area contributed by atoms with Crippen LogP contribution in [0.1, 0.15) is 12.8 Å². The lowest BCUT2D eigenvalue weighted by molar-refractivity contribution is 0.574. The minimum atomic E-state index is -3.06. The molecule has 1 saturated heterocycles. The molecule has 0 saturated carbocycles. The number of nitrogens with zero attached hydrogens (tertiary/aromatic N) is 1. The molecule has 0 bridgehead atoms. The van der Waals surface area contributed by atoms with Crippen molar-refractivity contribution in [1.29, 1.82) is 0 Å². The van der Waals surface area contributed by atoms with E-state index in [1.807, 2.05) is 24.3 Å². The monoisotopic (exact) mass is 337 g/mol. The zero-order valence-electron chi connectivity index (χ0n) is 8.19. The van der Waals surface area contributed by atoms with Crippen molar-refractivity contribution in [1.82, 2.24) is 0 Å². The summed E-state index contributed by atoms with van der Waals surface area (Å²) >= 11 is 2.19. The quantitative estimate of drug-likeness (QED) is 0.737. The summed E-state index contributed by atoms with van der Waals surface area (Å²) in [6.07, 6.45) is 1.73. The van der Waals surface area contributed by atoms with Crippen LogP contribution in [0.25, 0.3) is 0 Å². The Kier molecular flexibility index (Phi) is 3.20. The first-order chi connectivity index (χ1) is 7.09. The third kappa shape index (κ3) is 2.44. The first-order valence-electron chi connectivity index (χ1n) is 4.85. The van der Waals surface area contributed by atoms with Crippen LogP contribution in [0.4, 0.5) is 5.69 Å². The highest BCUT2D eigenvalue weighted by Gasteiger charge is 2.25. The molecular formula is C10H12INO2S. The van der Waals surface area contributed by atoms with Crippen molar-refractivity contribution in [2.45, 2.75) is 12.8 Å². The molecule has 0 aliphatic carbocycles. The van der Waals surface area contributed by atoms with E-state index in [0.717, 1.165) is 22.1 Å². The number of sulfonamides is 1. The molecule has 82 valence electrons. The third-order valence-corrected chi connectivity index (χ3v) is 4.99. The van der Waals surface area contributed by atoms with Crippen molar-refractivity contribution >= 4 is 38.3 Å². The number of benzene rings is 1. The average molecular weight is 337 g/mol. The van der Waals surface area contributed by atoms with Gasteiger partial charge in [0.2, 0.25) is 10.0 Å². The van der Waals surface area contributed by atoms with E-state index in [-0.39, 0.29) is 5.75 Å². The summed E-state index contributed by atoms with van der Waals surface area (Å²) in [6, 6.07) is 7.61. The molecule has 1 aromatic carbocycles. The lowest BCUT2D eigenvalue weighted by Crippen LogP contribution is -2.37. The van der Waals surface area contributed by atoms with Crippen molar-refractivity contribution < 1.29 is 8.42 Å². The molecule has 1 heterocycles. The van der Waals surface area contributed by atoms with E-state index in [1.54, 1.807) is 0 Å². The summed E-state index contributed by atoms with van der Waals surface area (Å²) in [5, 5.41) is 0. The molecule has 0 radical (unpaired) electrons. The lowest BCUT2D eigenvalue weighted by atomic mass is 10.3. The fourth-order valence-corrected chi connectivity index (χ4v) is 3.87. The Morgan fingerprint density at radius 3 is 2.73 bits per heavy atom. The molecule has 0 amide bonds. The van der Waals surface area contributed by atoms with Crippen molar-refractivity contribution in [2.75, 3.05) is 16.6 Å². The van der Waals surface area contributed by atoms with Crippen LogP contribution in [0.5, 0.6) is 0 Å². The predicted octanol–water partition coefficient (Wildman–Crippen LogP) is 2.22. The summed E-state index contributed by atoms with van der Waals surface area (Å²) in [5.41, 5.74) is 0.793. The Bertz CT molecular complexity index is 458. The first-order valence-corrected chi connectivity index (χ1v) is 7.54. The summed E-state index contributed by atoms with van der Waals surface area (Å²) in [5.74, 6) is 0.276. The zero-order valence-corrected chi connectivity index (χ0v) is 11.2. The van der Waals surface area contributed by atoms with Gasteiger partial charge in [0.1, 0.15) is 0 Å². The number of hydrogen-bond donors (Lipinski definition) is 0. The zero-order chi connectivity index (χ0) is 10.9. The SMILES string of the molecule is O=S1(=O)CCCCN1c1cccc(I)c1. The second kappa shape index (κ2) is 4.29. The van der Waals surface area contributed by atoms with Gasteiger partial charge < -0.3 is 0 Å². The Morgan fingerprint density at radius 2 is 2.07 bits per heavy atom. The van der Waals surface area contributed by atoms with Crippen LogP contribution in [0.15, 0.2) is 24.3 Å². The van der Waals surface area contributed by atoms with Crippen LogP contribution in [-0.2, 0) is 10.0 Å². The Labute approximate surface area is 104 Å². The van der Waals surface area contributed by atoms with Crippen LogP contribution >= 0.6 is 22.6 Å². The van der Waals surface area contributed by atoms with Gasteiger partial charge in [-0.1, -0.05) is 6.07 Å². The van der Waals surface area contributed by atoms with Crippen LogP contribution < -0.4 is 4.31 Å². The van der Waals surface area contributed by atoms with Crippen molar-refractivity contribution in [3.05, 3.63) is 27.8 Å². The molecule has 0 atom stereocenters. The molecule has 1 fully saturated rings. The standard InChI is InChI=1S/C10H12INO2S/c11-9-4-3-5-10(8-9)12-6-1-2-7-15(12,13)14/h3-5,8H,1-2,6-7H2. The third-order valence-electron chi connectivity index (χ3n) is 2.45. The molecule has 0 spiro atoms. The van der Waals surface area contributed by atoms with Gasteiger partial charge in [-0.15, -0.1) is 0 Å². The van der Waals surface area contributed by atoms with Crippen LogP contribution in [0.3, 0.4) is 0 Å². The van der Waals surface area contributed by atoms with E-state index in [1.165, 1.54) is 4.31 Å². The smallest absolute Gasteiger partial charge is 0.235 e. The highest BCUT2D eigenvalue weighted by Crippen LogP contribution is 2.24. The molecular weight excluding hydrogens is 325 g/mol. The minimum Gasteiger partial charge on any atom is -0.270 e. The Hall–Kier alpha value is -0.300. The van der Waals surface area contributed by atoms with E-state index in [9.17, 15) is 8.42 Å². The van der Waals surface area contributed by atoms with Gasteiger partial charge in [-0.05, 0) is 53.6 Å². The minimum absolute atomic E-state index is 0.276. The van der Waals surface area contributed by atoms with Gasteiger partial charge in [0, 0.05) is 10.1 Å². The number of rotatable bonds is 1. The van der Waals surface area contributed by atoms with E-state index < -0.39 is 10.0 Å². The van der Waals surface area contributed by atoms with Crippen LogP contribution in [-0.4, -0.2) is 20.7 Å². The maximum Gasteiger partial charge on any atom is 0.235 e. The van der Waals surface area contributed by atoms with Crippen molar-refractivity contribution in [3.63, 3.8) is 0 Å². The fraction of sp³-hybridized carbons (Fsp3) is 0.400. The van der Waals surface area contributed by atoms with Crippen molar-refractivity contribution in [3.8, 4) is 0 Å². The number of hydrogen-bond acceptors (Lipinski definition) is 2. The molecule has 2 rings (SSSR count). The maximum atomic E-state index is 11.8. The molecule has 3 nitrogen and oxygen atoms in total. The number of halogens is 1. The normalized spacial score (nSPS) is 20.2.